The molecule has 1 aliphatic rings. The highest BCUT2D eigenvalue weighted by Gasteiger charge is 2.18. The Bertz CT molecular complexity index is 802. The summed E-state index contributed by atoms with van der Waals surface area (Å²) in [5.41, 5.74) is 1.47. The van der Waals surface area contributed by atoms with Crippen molar-refractivity contribution >= 4 is 23.2 Å². The van der Waals surface area contributed by atoms with Gasteiger partial charge >= 0.3 is 0 Å². The monoisotopic (exact) mass is 341 g/mol. The summed E-state index contributed by atoms with van der Waals surface area (Å²) in [4.78, 5) is 38.4. The number of nitrogens with zero attached hydrogens (tertiary/aromatic N) is 3. The minimum Gasteiger partial charge on any atom is -0.368 e. The van der Waals surface area contributed by atoms with Crippen LogP contribution in [0.2, 0.25) is 0 Å². The fourth-order valence-corrected chi connectivity index (χ4v) is 2.70. The fourth-order valence-electron chi connectivity index (χ4n) is 2.70. The smallest absolute Gasteiger partial charge is 0.276 e. The Morgan fingerprint density at radius 2 is 1.72 bits per heavy atom. The Morgan fingerprint density at radius 1 is 1.04 bits per heavy atom. The van der Waals surface area contributed by atoms with Crippen molar-refractivity contribution in [3.05, 3.63) is 52.4 Å². The number of carbonyl (C=O) groups excluding carboxylic acids is 2. The highest BCUT2D eigenvalue weighted by atomic mass is 16.2. The van der Waals surface area contributed by atoms with Crippen molar-refractivity contribution in [1.29, 1.82) is 0 Å². The van der Waals surface area contributed by atoms with E-state index >= 15 is 0 Å². The third-order valence-corrected chi connectivity index (χ3v) is 4.13. The van der Waals surface area contributed by atoms with Crippen molar-refractivity contribution in [3.63, 3.8) is 0 Å². The molecule has 130 valence electrons. The van der Waals surface area contributed by atoms with E-state index in [4.69, 9.17) is 0 Å². The Hall–Kier alpha value is -3.16. The van der Waals surface area contributed by atoms with Crippen LogP contribution in [0.3, 0.4) is 0 Å². The molecule has 0 saturated carbocycles. The topological polar surface area (TPSA) is 98.4 Å². The molecule has 2 N–H and O–H groups in total. The zero-order valence-electron chi connectivity index (χ0n) is 13.9. The van der Waals surface area contributed by atoms with Crippen LogP contribution < -0.4 is 15.8 Å². The average molecular weight is 341 g/mol. The van der Waals surface area contributed by atoms with Crippen LogP contribution in [0, 0.1) is 0 Å². The summed E-state index contributed by atoms with van der Waals surface area (Å²) >= 11 is 0. The predicted molar refractivity (Wildman–Crippen MR) is 93.7 cm³/mol. The summed E-state index contributed by atoms with van der Waals surface area (Å²) in [6.07, 6.45) is 0. The van der Waals surface area contributed by atoms with Crippen molar-refractivity contribution in [2.24, 2.45) is 0 Å². The standard InChI is InChI=1S/C17H19N5O3/c1-12(23)21-8-10-22(11-9-21)14-4-2-13(3-5-14)18-17(25)15-6-7-16(24)20-19-15/h2-7H,8-11H2,1H3,(H,18,25)(H,20,24). The van der Waals surface area contributed by atoms with Crippen LogP contribution in [0.4, 0.5) is 11.4 Å². The number of benzene rings is 1. The van der Waals surface area contributed by atoms with Crippen LogP contribution in [-0.2, 0) is 4.79 Å². The van der Waals surface area contributed by atoms with E-state index in [1.54, 1.807) is 6.92 Å². The number of H-pyrrole nitrogens is 1. The van der Waals surface area contributed by atoms with Gasteiger partial charge in [0.25, 0.3) is 11.5 Å². The van der Waals surface area contributed by atoms with Gasteiger partial charge in [-0.3, -0.25) is 14.4 Å². The summed E-state index contributed by atoms with van der Waals surface area (Å²) in [5, 5.41) is 8.66. The van der Waals surface area contributed by atoms with E-state index in [0.29, 0.717) is 18.8 Å². The highest BCUT2D eigenvalue weighted by Crippen LogP contribution is 2.20. The van der Waals surface area contributed by atoms with Gasteiger partial charge in [0.2, 0.25) is 5.91 Å². The molecular weight excluding hydrogens is 322 g/mol. The lowest BCUT2D eigenvalue weighted by molar-refractivity contribution is -0.129. The van der Waals surface area contributed by atoms with Gasteiger partial charge in [-0.05, 0) is 30.3 Å². The molecule has 8 nitrogen and oxygen atoms in total. The summed E-state index contributed by atoms with van der Waals surface area (Å²) in [5.74, 6) is -0.285. The van der Waals surface area contributed by atoms with E-state index in [1.165, 1.54) is 12.1 Å². The SMILES string of the molecule is CC(=O)N1CCN(c2ccc(NC(=O)c3ccc(=O)[nH]n3)cc2)CC1. The number of hydrogen-bond donors (Lipinski definition) is 2. The molecule has 1 aliphatic heterocycles. The number of hydrogen-bond acceptors (Lipinski definition) is 5. The van der Waals surface area contributed by atoms with Crippen molar-refractivity contribution < 1.29 is 9.59 Å². The maximum Gasteiger partial charge on any atom is 0.276 e. The van der Waals surface area contributed by atoms with Crippen molar-refractivity contribution in [2.45, 2.75) is 6.92 Å². The first kappa shape index (κ1) is 16.7. The molecular formula is C17H19N5O3. The Morgan fingerprint density at radius 3 is 2.28 bits per heavy atom. The molecule has 1 aromatic heterocycles. The second-order valence-electron chi connectivity index (χ2n) is 5.80. The lowest BCUT2D eigenvalue weighted by Crippen LogP contribution is -2.48. The quantitative estimate of drug-likeness (QED) is 0.856. The van der Waals surface area contributed by atoms with Crippen LogP contribution >= 0.6 is 0 Å². The lowest BCUT2D eigenvalue weighted by Gasteiger charge is -2.35. The molecule has 0 radical (unpaired) electrons. The average Bonchev–Trinajstić information content (AvgIpc) is 2.63. The normalized spacial score (nSPS) is 14.3. The molecule has 1 aromatic carbocycles. The van der Waals surface area contributed by atoms with E-state index in [0.717, 1.165) is 18.8 Å². The number of piperazine rings is 1. The number of aromatic amines is 1. The summed E-state index contributed by atoms with van der Waals surface area (Å²) in [6, 6.07) is 10.1. The molecule has 3 rings (SSSR count). The third kappa shape index (κ3) is 4.03. The first-order valence-corrected chi connectivity index (χ1v) is 8.00. The van der Waals surface area contributed by atoms with Gasteiger partial charge in [-0.15, -0.1) is 0 Å². The van der Waals surface area contributed by atoms with Crippen LogP contribution in [0.1, 0.15) is 17.4 Å². The summed E-state index contributed by atoms with van der Waals surface area (Å²) in [7, 11) is 0. The highest BCUT2D eigenvalue weighted by molar-refractivity contribution is 6.02. The van der Waals surface area contributed by atoms with Gasteiger partial charge in [0.15, 0.2) is 0 Å². The largest absolute Gasteiger partial charge is 0.368 e. The maximum absolute atomic E-state index is 12.1. The lowest BCUT2D eigenvalue weighted by atomic mass is 10.2. The molecule has 0 aliphatic carbocycles. The Balaban J connectivity index is 1.61. The molecule has 2 aromatic rings. The maximum atomic E-state index is 12.1. The van der Waals surface area contributed by atoms with Crippen LogP contribution in [0.5, 0.6) is 0 Å². The summed E-state index contributed by atoms with van der Waals surface area (Å²) in [6.45, 7) is 4.58. The zero-order valence-corrected chi connectivity index (χ0v) is 13.9. The molecule has 0 unspecified atom stereocenters. The third-order valence-electron chi connectivity index (χ3n) is 4.13. The number of anilines is 2. The second kappa shape index (κ2) is 7.16. The molecule has 0 atom stereocenters. The van der Waals surface area contributed by atoms with E-state index < -0.39 is 0 Å². The van der Waals surface area contributed by atoms with E-state index in [1.807, 2.05) is 29.2 Å². The molecule has 0 bridgehead atoms. The molecule has 25 heavy (non-hydrogen) atoms. The van der Waals surface area contributed by atoms with Crippen molar-refractivity contribution in [1.82, 2.24) is 15.1 Å². The molecule has 1 saturated heterocycles. The van der Waals surface area contributed by atoms with Gasteiger partial charge in [0.05, 0.1) is 0 Å². The summed E-state index contributed by atoms with van der Waals surface area (Å²) < 4.78 is 0. The van der Waals surface area contributed by atoms with Crippen molar-refractivity contribution in [3.8, 4) is 0 Å². The molecule has 8 heteroatoms. The van der Waals surface area contributed by atoms with E-state index in [-0.39, 0.29) is 23.1 Å². The van der Waals surface area contributed by atoms with Crippen LogP contribution in [0.15, 0.2) is 41.2 Å². The van der Waals surface area contributed by atoms with Gasteiger partial charge in [-0.2, -0.15) is 5.10 Å². The minimum absolute atomic E-state index is 0.105. The van der Waals surface area contributed by atoms with Crippen LogP contribution in [0.25, 0.3) is 0 Å². The van der Waals surface area contributed by atoms with Crippen molar-refractivity contribution in [2.75, 3.05) is 36.4 Å². The van der Waals surface area contributed by atoms with Gasteiger partial charge in [-0.1, -0.05) is 0 Å². The van der Waals surface area contributed by atoms with Crippen LogP contribution in [-0.4, -0.2) is 53.1 Å². The Kier molecular flexibility index (Phi) is 4.78. The van der Waals surface area contributed by atoms with Gasteiger partial charge in [0, 0.05) is 50.5 Å². The number of rotatable bonds is 3. The van der Waals surface area contributed by atoms with Gasteiger partial charge < -0.3 is 15.1 Å². The van der Waals surface area contributed by atoms with Gasteiger partial charge in [-0.25, -0.2) is 5.10 Å². The Labute approximate surface area is 144 Å². The van der Waals surface area contributed by atoms with E-state index in [9.17, 15) is 14.4 Å². The number of carbonyl (C=O) groups is 2. The first-order chi connectivity index (χ1) is 12.0. The fraction of sp³-hybridized carbons (Fsp3) is 0.294. The zero-order chi connectivity index (χ0) is 17.8. The number of aromatic nitrogens is 2. The minimum atomic E-state index is -0.390. The molecule has 1 fully saturated rings. The number of nitrogens with one attached hydrogen (secondary N) is 2. The molecule has 2 amide bonds. The molecule has 2 heterocycles. The number of amides is 2. The molecule has 0 spiro atoms. The first-order valence-electron chi connectivity index (χ1n) is 8.00. The predicted octanol–water partition coefficient (Wildman–Crippen LogP) is 0.691. The second-order valence-corrected chi connectivity index (χ2v) is 5.80. The van der Waals surface area contributed by atoms with E-state index in [2.05, 4.69) is 20.4 Å². The van der Waals surface area contributed by atoms with Gasteiger partial charge in [0.1, 0.15) is 5.69 Å².